The zero-order chi connectivity index (χ0) is 18.2. The van der Waals surface area contributed by atoms with Gasteiger partial charge in [-0.2, -0.15) is 17.0 Å². The summed E-state index contributed by atoms with van der Waals surface area (Å²) in [6.07, 6.45) is 3.34. The molecule has 0 bridgehead atoms. The van der Waals surface area contributed by atoms with Crippen LogP contribution >= 0.6 is 11.8 Å². The third kappa shape index (κ3) is 5.06. The fourth-order valence-corrected chi connectivity index (χ4v) is 2.49. The lowest BCUT2D eigenvalue weighted by Crippen LogP contribution is -2.41. The number of carboxylic acids is 1. The Morgan fingerprint density at radius 3 is 2.88 bits per heavy atom. The molecule has 0 fully saturated rings. The van der Waals surface area contributed by atoms with Gasteiger partial charge < -0.3 is 25.2 Å². The van der Waals surface area contributed by atoms with E-state index in [-0.39, 0.29) is 18.8 Å². The number of amides is 1. The lowest BCUT2D eigenvalue weighted by molar-refractivity contribution is -0.141. The van der Waals surface area contributed by atoms with Gasteiger partial charge in [-0.05, 0) is 30.6 Å². The summed E-state index contributed by atoms with van der Waals surface area (Å²) in [5.74, 6) is -0.124. The number of carbonyl (C=O) groups excluding carboxylic acids is 1. The molecule has 9 heteroatoms. The molecule has 1 aromatic rings. The number of ether oxygens (including phenoxy) is 2. The summed E-state index contributed by atoms with van der Waals surface area (Å²) in [7, 11) is 0. The molecular weight excluding hydrogens is 346 g/mol. The molecule has 0 spiro atoms. The Kier molecular flexibility index (Phi) is 6.54. The fourth-order valence-electron chi connectivity index (χ4n) is 2.02. The largest absolute Gasteiger partial charge is 0.480 e. The number of anilines is 1. The van der Waals surface area contributed by atoms with Gasteiger partial charge in [0.15, 0.2) is 11.5 Å². The summed E-state index contributed by atoms with van der Waals surface area (Å²) in [5, 5.41) is 23.4. The van der Waals surface area contributed by atoms with Gasteiger partial charge in [-0.1, -0.05) is 0 Å². The van der Waals surface area contributed by atoms with Gasteiger partial charge >= 0.3 is 5.97 Å². The first-order valence-electron chi connectivity index (χ1n) is 7.34. The molecule has 2 rings (SSSR count). The summed E-state index contributed by atoms with van der Waals surface area (Å²) >= 11 is 1.48. The van der Waals surface area contributed by atoms with Crippen molar-refractivity contribution in [3.05, 3.63) is 30.0 Å². The molecule has 1 unspecified atom stereocenters. The molecule has 1 aliphatic rings. The summed E-state index contributed by atoms with van der Waals surface area (Å²) in [6, 6.07) is 5.79. The first kappa shape index (κ1) is 18.5. The number of aliphatic carboxylic acids is 1. The third-order valence-corrected chi connectivity index (χ3v) is 3.98. The zero-order valence-corrected chi connectivity index (χ0v) is 14.3. The monoisotopic (exact) mass is 363 g/mol. The summed E-state index contributed by atoms with van der Waals surface area (Å²) < 4.78 is 10.4. The van der Waals surface area contributed by atoms with Crippen LogP contribution in [0.5, 0.6) is 11.5 Å². The van der Waals surface area contributed by atoms with Crippen molar-refractivity contribution in [3.63, 3.8) is 0 Å². The van der Waals surface area contributed by atoms with Gasteiger partial charge in [-0.15, -0.1) is 0 Å². The molecule has 1 aromatic carbocycles. The van der Waals surface area contributed by atoms with Crippen molar-refractivity contribution in [1.29, 1.82) is 5.26 Å². The Morgan fingerprint density at radius 1 is 1.44 bits per heavy atom. The van der Waals surface area contributed by atoms with E-state index in [1.54, 1.807) is 24.3 Å². The van der Waals surface area contributed by atoms with E-state index in [1.807, 2.05) is 6.26 Å². The second-order valence-corrected chi connectivity index (χ2v) is 6.01. The van der Waals surface area contributed by atoms with Crippen LogP contribution in [0.3, 0.4) is 0 Å². The predicted molar refractivity (Wildman–Crippen MR) is 92.4 cm³/mol. The minimum absolute atomic E-state index is 0.146. The van der Waals surface area contributed by atoms with Crippen LogP contribution in [0.2, 0.25) is 0 Å². The summed E-state index contributed by atoms with van der Waals surface area (Å²) in [6.45, 7) is 0.146. The molecule has 132 valence electrons. The quantitative estimate of drug-likeness (QED) is 0.470. The van der Waals surface area contributed by atoms with Crippen molar-refractivity contribution in [2.45, 2.75) is 12.5 Å². The maximum atomic E-state index is 12.1. The number of benzene rings is 1. The highest BCUT2D eigenvalue weighted by molar-refractivity contribution is 7.98. The lowest BCUT2D eigenvalue weighted by Gasteiger charge is -2.13. The highest BCUT2D eigenvalue weighted by Crippen LogP contribution is 2.34. The van der Waals surface area contributed by atoms with Crippen molar-refractivity contribution in [3.8, 4) is 17.6 Å². The molecular formula is C16H17N3O5S. The van der Waals surface area contributed by atoms with Crippen molar-refractivity contribution in [2.75, 3.05) is 24.1 Å². The smallest absolute Gasteiger partial charge is 0.326 e. The van der Waals surface area contributed by atoms with E-state index in [1.165, 1.54) is 18.0 Å². The molecule has 0 saturated carbocycles. The molecule has 0 radical (unpaired) electrons. The average molecular weight is 363 g/mol. The van der Waals surface area contributed by atoms with Crippen LogP contribution in [0.25, 0.3) is 0 Å². The second kappa shape index (κ2) is 8.84. The van der Waals surface area contributed by atoms with Gasteiger partial charge in [-0.25, -0.2) is 4.79 Å². The highest BCUT2D eigenvalue weighted by atomic mass is 32.2. The average Bonchev–Trinajstić information content (AvgIpc) is 3.06. The van der Waals surface area contributed by atoms with Gasteiger partial charge in [0, 0.05) is 18.0 Å². The number of carboxylic acid groups (broad SMARTS) is 1. The molecule has 3 N–H and O–H groups in total. The molecule has 1 atom stereocenters. The molecule has 8 nitrogen and oxygen atoms in total. The van der Waals surface area contributed by atoms with E-state index in [2.05, 4.69) is 10.6 Å². The van der Waals surface area contributed by atoms with Crippen LogP contribution in [0.15, 0.2) is 30.0 Å². The second-order valence-electron chi connectivity index (χ2n) is 5.03. The number of nitrogens with one attached hydrogen (secondary N) is 2. The van der Waals surface area contributed by atoms with Gasteiger partial charge in [0.25, 0.3) is 5.91 Å². The topological polar surface area (TPSA) is 121 Å². The van der Waals surface area contributed by atoms with Crippen molar-refractivity contribution < 1.29 is 24.2 Å². The minimum atomic E-state index is -1.14. The van der Waals surface area contributed by atoms with E-state index < -0.39 is 17.9 Å². The van der Waals surface area contributed by atoms with Crippen molar-refractivity contribution in [1.82, 2.24) is 5.32 Å². The third-order valence-electron chi connectivity index (χ3n) is 3.33. The number of hydrogen-bond acceptors (Lipinski definition) is 7. The number of hydrogen-bond donors (Lipinski definition) is 3. The number of fused-ring (bicyclic) bond motifs is 1. The fraction of sp³-hybridized carbons (Fsp3) is 0.312. The predicted octanol–water partition coefficient (Wildman–Crippen LogP) is 1.56. The van der Waals surface area contributed by atoms with Crippen LogP contribution in [0.1, 0.15) is 6.42 Å². The van der Waals surface area contributed by atoms with Gasteiger partial charge in [-0.3, -0.25) is 4.79 Å². The normalized spacial score (nSPS) is 13.7. The molecule has 25 heavy (non-hydrogen) atoms. The highest BCUT2D eigenvalue weighted by Gasteiger charge is 2.21. The van der Waals surface area contributed by atoms with Crippen molar-refractivity contribution in [2.24, 2.45) is 0 Å². The molecule has 0 aliphatic carbocycles. The van der Waals surface area contributed by atoms with E-state index in [9.17, 15) is 9.59 Å². The Morgan fingerprint density at radius 2 is 2.20 bits per heavy atom. The zero-order valence-electron chi connectivity index (χ0n) is 13.4. The maximum absolute atomic E-state index is 12.1. The molecule has 1 amide bonds. The molecule has 0 saturated heterocycles. The van der Waals surface area contributed by atoms with Crippen LogP contribution in [-0.2, 0) is 9.59 Å². The Balaban J connectivity index is 2.02. The molecule has 1 heterocycles. The molecule has 1 aliphatic heterocycles. The van der Waals surface area contributed by atoms with E-state index in [4.69, 9.17) is 19.8 Å². The summed E-state index contributed by atoms with van der Waals surface area (Å²) in [5.41, 5.74) is 0.370. The number of nitrogens with zero attached hydrogens (tertiary/aromatic N) is 1. The number of carbonyl (C=O) groups is 2. The number of thioether (sulfide) groups is 1. The Labute approximate surface area is 148 Å². The van der Waals surface area contributed by atoms with Crippen LogP contribution in [0.4, 0.5) is 5.69 Å². The van der Waals surface area contributed by atoms with E-state index in [0.29, 0.717) is 22.9 Å². The van der Waals surface area contributed by atoms with E-state index >= 15 is 0 Å². The Bertz CT molecular complexity index is 729. The summed E-state index contributed by atoms with van der Waals surface area (Å²) in [4.78, 5) is 23.3. The van der Waals surface area contributed by atoms with Gasteiger partial charge in [0.1, 0.15) is 17.7 Å². The SMILES string of the molecule is CSCCC(NC(=O)/C(C#N)=C\Nc1ccc2c(c1)OCO2)C(=O)O. The first-order valence-corrected chi connectivity index (χ1v) is 8.73. The van der Waals surface area contributed by atoms with Crippen LogP contribution < -0.4 is 20.1 Å². The minimum Gasteiger partial charge on any atom is -0.480 e. The maximum Gasteiger partial charge on any atom is 0.326 e. The standard InChI is InChI=1S/C16H17N3O5S/c1-25-5-4-12(16(21)22)19-15(20)10(7-17)8-18-11-2-3-13-14(6-11)24-9-23-13/h2-3,6,8,12,18H,4-5,9H2,1H3,(H,19,20)(H,21,22)/b10-8-. The van der Waals surface area contributed by atoms with Crippen LogP contribution in [-0.4, -0.2) is 41.8 Å². The van der Waals surface area contributed by atoms with Gasteiger partial charge in [0.2, 0.25) is 6.79 Å². The number of rotatable bonds is 8. The first-order chi connectivity index (χ1) is 12.0. The lowest BCUT2D eigenvalue weighted by atomic mass is 10.2. The van der Waals surface area contributed by atoms with Gasteiger partial charge in [0.05, 0.1) is 0 Å². The Hall–Kier alpha value is -2.86. The van der Waals surface area contributed by atoms with E-state index in [0.717, 1.165) is 0 Å². The number of nitriles is 1. The van der Waals surface area contributed by atoms with Crippen LogP contribution in [0, 0.1) is 11.3 Å². The molecule has 0 aromatic heterocycles. The van der Waals surface area contributed by atoms with Crippen molar-refractivity contribution >= 4 is 29.3 Å².